The van der Waals surface area contributed by atoms with Crippen LogP contribution in [0.4, 0.5) is 4.39 Å². The third-order valence-corrected chi connectivity index (χ3v) is 4.20. The number of rotatable bonds is 5. The van der Waals surface area contributed by atoms with Crippen LogP contribution < -0.4 is 0 Å². The second-order valence-electron chi connectivity index (χ2n) is 4.41. The number of oxazole rings is 1. The van der Waals surface area contributed by atoms with Crippen molar-refractivity contribution in [3.63, 3.8) is 0 Å². The second-order valence-corrected chi connectivity index (χ2v) is 5.77. The van der Waals surface area contributed by atoms with Gasteiger partial charge in [0, 0.05) is 16.6 Å². The van der Waals surface area contributed by atoms with Gasteiger partial charge in [-0.25, -0.2) is 9.37 Å². The Hall–Kier alpha value is -1.33. The summed E-state index contributed by atoms with van der Waals surface area (Å²) in [5.74, 6) is 0.883. The molecule has 1 heterocycles. The zero-order chi connectivity index (χ0) is 13.8. The van der Waals surface area contributed by atoms with Crippen LogP contribution >= 0.6 is 11.8 Å². The molecule has 0 aliphatic carbocycles. The van der Waals surface area contributed by atoms with Gasteiger partial charge in [0.1, 0.15) is 12.1 Å². The van der Waals surface area contributed by atoms with Gasteiger partial charge >= 0.3 is 0 Å². The van der Waals surface area contributed by atoms with Crippen molar-refractivity contribution in [1.29, 1.82) is 0 Å². The van der Waals surface area contributed by atoms with Crippen molar-refractivity contribution in [2.45, 2.75) is 31.0 Å². The van der Waals surface area contributed by atoms with Crippen LogP contribution in [-0.2, 0) is 5.75 Å². The smallest absolute Gasteiger partial charge is 0.226 e. The molecule has 0 spiro atoms. The third-order valence-electron chi connectivity index (χ3n) is 2.82. The molecule has 0 aliphatic rings. The van der Waals surface area contributed by atoms with E-state index in [1.807, 2.05) is 6.92 Å². The average Bonchev–Trinajstić information content (AvgIpc) is 2.85. The molecule has 0 saturated heterocycles. The summed E-state index contributed by atoms with van der Waals surface area (Å²) < 4.78 is 18.2. The molecule has 19 heavy (non-hydrogen) atoms. The topological polar surface area (TPSA) is 46.3 Å². The molecule has 5 heteroatoms. The quantitative estimate of drug-likeness (QED) is 0.911. The fourth-order valence-electron chi connectivity index (χ4n) is 1.45. The van der Waals surface area contributed by atoms with E-state index in [0.717, 1.165) is 11.3 Å². The monoisotopic (exact) mass is 281 g/mol. The molecular weight excluding hydrogens is 265 g/mol. The minimum atomic E-state index is -0.353. The molecule has 0 radical (unpaired) electrons. The van der Waals surface area contributed by atoms with Crippen LogP contribution in [-0.4, -0.2) is 21.4 Å². The third kappa shape index (κ3) is 3.81. The Morgan fingerprint density at radius 1 is 1.32 bits per heavy atom. The van der Waals surface area contributed by atoms with Gasteiger partial charge < -0.3 is 9.52 Å². The van der Waals surface area contributed by atoms with Gasteiger partial charge in [-0.3, -0.25) is 0 Å². The summed E-state index contributed by atoms with van der Waals surface area (Å²) >= 11 is 1.62. The molecule has 2 unspecified atom stereocenters. The molecule has 3 nitrogen and oxygen atoms in total. The van der Waals surface area contributed by atoms with Crippen molar-refractivity contribution >= 4 is 11.8 Å². The minimum absolute atomic E-state index is 0.144. The molecule has 102 valence electrons. The Morgan fingerprint density at radius 3 is 2.63 bits per heavy atom. The molecule has 1 N–H and O–H groups in total. The van der Waals surface area contributed by atoms with E-state index in [1.165, 1.54) is 12.1 Å². The lowest BCUT2D eigenvalue weighted by Crippen LogP contribution is -2.15. The molecule has 0 aliphatic heterocycles. The maximum atomic E-state index is 12.8. The summed E-state index contributed by atoms with van der Waals surface area (Å²) in [7, 11) is 0. The van der Waals surface area contributed by atoms with Gasteiger partial charge in [0.15, 0.2) is 0 Å². The number of nitrogens with zero attached hydrogens (tertiary/aromatic N) is 1. The summed E-state index contributed by atoms with van der Waals surface area (Å²) in [4.78, 5) is 4.35. The number of benzene rings is 1. The fraction of sp³-hybridized carbons (Fsp3) is 0.357. The van der Waals surface area contributed by atoms with Crippen molar-refractivity contribution in [2.75, 3.05) is 0 Å². The van der Waals surface area contributed by atoms with Crippen LogP contribution in [0.25, 0.3) is 11.5 Å². The first-order valence-corrected chi connectivity index (χ1v) is 7.11. The van der Waals surface area contributed by atoms with E-state index in [1.54, 1.807) is 37.1 Å². The number of hydrogen-bond donors (Lipinski definition) is 1. The van der Waals surface area contributed by atoms with Gasteiger partial charge in [0.25, 0.3) is 0 Å². The highest BCUT2D eigenvalue weighted by atomic mass is 32.2. The van der Waals surface area contributed by atoms with Crippen LogP contribution in [0.15, 0.2) is 34.9 Å². The first-order valence-electron chi connectivity index (χ1n) is 6.06. The lowest BCUT2D eigenvalue weighted by Gasteiger charge is -2.12. The largest absolute Gasteiger partial charge is 0.444 e. The number of aromatic nitrogens is 1. The Kier molecular flexibility index (Phi) is 4.61. The Balaban J connectivity index is 2.01. The van der Waals surface area contributed by atoms with Gasteiger partial charge in [-0.05, 0) is 31.2 Å². The van der Waals surface area contributed by atoms with E-state index in [4.69, 9.17) is 4.42 Å². The van der Waals surface area contributed by atoms with E-state index >= 15 is 0 Å². The summed E-state index contributed by atoms with van der Waals surface area (Å²) in [6, 6.07) is 6.03. The number of hydrogen-bond acceptors (Lipinski definition) is 4. The molecule has 0 bridgehead atoms. The summed E-state index contributed by atoms with van der Waals surface area (Å²) in [6.07, 6.45) is 1.24. The maximum absolute atomic E-state index is 12.8. The Bertz CT molecular complexity index is 524. The zero-order valence-electron chi connectivity index (χ0n) is 10.8. The standard InChI is InChI=1S/C14H16FNO2S/c1-9(17)10(2)19-8-13-7-18-14(16-13)11-3-5-12(15)6-4-11/h3-7,9-10,17H,8H2,1-2H3. The van der Waals surface area contributed by atoms with Crippen LogP contribution in [0, 0.1) is 5.82 Å². The molecule has 2 aromatic rings. The van der Waals surface area contributed by atoms with E-state index in [0.29, 0.717) is 11.6 Å². The maximum Gasteiger partial charge on any atom is 0.226 e. The minimum Gasteiger partial charge on any atom is -0.444 e. The normalized spacial score (nSPS) is 14.3. The van der Waals surface area contributed by atoms with Gasteiger partial charge in [0.2, 0.25) is 5.89 Å². The van der Waals surface area contributed by atoms with E-state index < -0.39 is 0 Å². The molecule has 2 rings (SSSR count). The average molecular weight is 281 g/mol. The highest BCUT2D eigenvalue weighted by Gasteiger charge is 2.12. The van der Waals surface area contributed by atoms with Crippen LogP contribution in [0.2, 0.25) is 0 Å². The molecule has 1 aromatic heterocycles. The van der Waals surface area contributed by atoms with Crippen molar-refractivity contribution in [2.24, 2.45) is 0 Å². The molecular formula is C14H16FNO2S. The van der Waals surface area contributed by atoms with E-state index in [9.17, 15) is 9.50 Å². The highest BCUT2D eigenvalue weighted by Crippen LogP contribution is 2.23. The van der Waals surface area contributed by atoms with Crippen LogP contribution in [0.5, 0.6) is 0 Å². The second kappa shape index (κ2) is 6.21. The fourth-order valence-corrected chi connectivity index (χ4v) is 2.30. The van der Waals surface area contributed by atoms with Crippen molar-refractivity contribution < 1.29 is 13.9 Å². The zero-order valence-corrected chi connectivity index (χ0v) is 11.7. The van der Waals surface area contributed by atoms with Crippen LogP contribution in [0.1, 0.15) is 19.5 Å². The molecule has 0 saturated carbocycles. The molecule has 2 atom stereocenters. The van der Waals surface area contributed by atoms with E-state index in [-0.39, 0.29) is 17.2 Å². The molecule has 0 amide bonds. The lowest BCUT2D eigenvalue weighted by molar-refractivity contribution is 0.196. The van der Waals surface area contributed by atoms with Gasteiger partial charge in [-0.15, -0.1) is 11.8 Å². The van der Waals surface area contributed by atoms with Crippen LogP contribution in [0.3, 0.4) is 0 Å². The molecule has 0 fully saturated rings. The van der Waals surface area contributed by atoms with Gasteiger partial charge in [-0.1, -0.05) is 6.92 Å². The Labute approximate surface area is 115 Å². The predicted molar refractivity (Wildman–Crippen MR) is 74.3 cm³/mol. The van der Waals surface area contributed by atoms with Crippen molar-refractivity contribution in [3.05, 3.63) is 42.0 Å². The summed E-state index contributed by atoms with van der Waals surface area (Å²) in [5.41, 5.74) is 1.57. The number of aliphatic hydroxyl groups is 1. The summed E-state index contributed by atoms with van der Waals surface area (Å²) in [5, 5.41) is 9.55. The van der Waals surface area contributed by atoms with Crippen molar-refractivity contribution in [3.8, 4) is 11.5 Å². The number of halogens is 1. The Morgan fingerprint density at radius 2 is 2.00 bits per heavy atom. The van der Waals surface area contributed by atoms with E-state index in [2.05, 4.69) is 4.98 Å². The lowest BCUT2D eigenvalue weighted by atomic mass is 10.2. The van der Waals surface area contributed by atoms with Gasteiger partial charge in [-0.2, -0.15) is 0 Å². The number of aliphatic hydroxyl groups excluding tert-OH is 1. The summed E-state index contributed by atoms with van der Waals surface area (Å²) in [6.45, 7) is 3.74. The predicted octanol–water partition coefficient (Wildman–Crippen LogP) is 3.48. The molecule has 1 aromatic carbocycles. The number of thioether (sulfide) groups is 1. The first-order chi connectivity index (χ1) is 9.06. The highest BCUT2D eigenvalue weighted by molar-refractivity contribution is 7.99. The van der Waals surface area contributed by atoms with Crippen molar-refractivity contribution in [1.82, 2.24) is 4.98 Å². The first kappa shape index (κ1) is 14.1. The SMILES string of the molecule is CC(O)C(C)SCc1coc(-c2ccc(F)cc2)n1. The van der Waals surface area contributed by atoms with Gasteiger partial charge in [0.05, 0.1) is 11.8 Å².